The zero-order chi connectivity index (χ0) is 23.4. The van der Waals surface area contributed by atoms with Crippen LogP contribution in [0, 0.1) is 6.92 Å². The minimum Gasteiger partial charge on any atom is -0.317 e. The molecule has 1 aliphatic rings. The summed E-state index contributed by atoms with van der Waals surface area (Å²) < 4.78 is 27.9. The molecule has 0 atom stereocenters. The topological polar surface area (TPSA) is 120 Å². The van der Waals surface area contributed by atoms with E-state index in [-0.39, 0.29) is 34.6 Å². The summed E-state index contributed by atoms with van der Waals surface area (Å²) in [5.41, 5.74) is 4.77. The molecule has 0 unspecified atom stereocenters. The Morgan fingerprint density at radius 2 is 1.58 bits per heavy atom. The summed E-state index contributed by atoms with van der Waals surface area (Å²) in [5.74, 6) is -1.01. The lowest BCUT2D eigenvalue weighted by Crippen LogP contribution is -2.54. The fraction of sp³-hybridized carbons (Fsp3) is 0.0870. The van der Waals surface area contributed by atoms with Gasteiger partial charge in [0.15, 0.2) is 0 Å². The van der Waals surface area contributed by atoms with Gasteiger partial charge < -0.3 is 5.32 Å². The number of amides is 2. The van der Waals surface area contributed by atoms with Gasteiger partial charge in [-0.2, -0.15) is 0 Å². The number of amidine groups is 1. The third-order valence-electron chi connectivity index (χ3n) is 4.82. The summed E-state index contributed by atoms with van der Waals surface area (Å²) >= 11 is 0. The normalized spacial score (nSPS) is 13.7. The molecule has 1 aliphatic heterocycles. The monoisotopic (exact) mass is 463 g/mol. The molecule has 0 aromatic heterocycles. The molecule has 10 heteroatoms. The molecule has 33 heavy (non-hydrogen) atoms. The van der Waals surface area contributed by atoms with Crippen LogP contribution in [0.1, 0.15) is 5.56 Å². The van der Waals surface area contributed by atoms with Gasteiger partial charge in [0.05, 0.1) is 22.0 Å². The number of hydrazine groups is 1. The molecular weight excluding hydrogens is 442 g/mol. The molecule has 168 valence electrons. The second kappa shape index (κ2) is 9.13. The zero-order valence-corrected chi connectivity index (χ0v) is 18.5. The molecule has 9 nitrogen and oxygen atoms in total. The summed E-state index contributed by atoms with van der Waals surface area (Å²) in [6.45, 7) is 1.73. The number of hydrogen-bond acceptors (Lipinski definition) is 6. The van der Waals surface area contributed by atoms with Crippen molar-refractivity contribution in [3.05, 3.63) is 84.4 Å². The van der Waals surface area contributed by atoms with Crippen LogP contribution in [-0.2, 0) is 19.6 Å². The van der Waals surface area contributed by atoms with Gasteiger partial charge in [0.1, 0.15) is 6.54 Å². The number of aliphatic imine (C=N–C) groups is 1. The van der Waals surface area contributed by atoms with E-state index in [4.69, 9.17) is 0 Å². The highest BCUT2D eigenvalue weighted by atomic mass is 32.2. The summed E-state index contributed by atoms with van der Waals surface area (Å²) in [6, 6.07) is 21.5. The zero-order valence-electron chi connectivity index (χ0n) is 17.6. The van der Waals surface area contributed by atoms with Crippen LogP contribution in [0.5, 0.6) is 0 Å². The summed E-state index contributed by atoms with van der Waals surface area (Å²) in [5, 5.41) is 3.91. The van der Waals surface area contributed by atoms with Gasteiger partial charge in [-0.3, -0.25) is 24.7 Å². The minimum absolute atomic E-state index is 0.0732. The fourth-order valence-corrected chi connectivity index (χ4v) is 4.21. The summed E-state index contributed by atoms with van der Waals surface area (Å²) in [6.07, 6.45) is 0. The number of carbonyl (C=O) groups is 2. The average molecular weight is 464 g/mol. The van der Waals surface area contributed by atoms with Crippen molar-refractivity contribution in [3.63, 3.8) is 0 Å². The number of anilines is 3. The molecule has 0 saturated carbocycles. The Balaban J connectivity index is 1.52. The van der Waals surface area contributed by atoms with Crippen molar-refractivity contribution in [2.75, 3.05) is 21.6 Å². The Labute approximate surface area is 191 Å². The highest BCUT2D eigenvalue weighted by Gasteiger charge is 2.26. The van der Waals surface area contributed by atoms with Crippen LogP contribution < -0.4 is 20.5 Å². The van der Waals surface area contributed by atoms with E-state index in [0.717, 1.165) is 5.56 Å². The number of benzene rings is 3. The fourth-order valence-electron chi connectivity index (χ4n) is 3.11. The van der Waals surface area contributed by atoms with Crippen LogP contribution in [-0.4, -0.2) is 32.6 Å². The first-order valence-electron chi connectivity index (χ1n) is 10.0. The Kier molecular flexibility index (Phi) is 6.09. The third-order valence-corrected chi connectivity index (χ3v) is 6.20. The van der Waals surface area contributed by atoms with Gasteiger partial charge in [0.25, 0.3) is 21.8 Å². The van der Waals surface area contributed by atoms with E-state index in [1.54, 1.807) is 48.5 Å². The lowest BCUT2D eigenvalue weighted by Gasteiger charge is -2.27. The highest BCUT2D eigenvalue weighted by molar-refractivity contribution is 7.92. The first kappa shape index (κ1) is 22.0. The number of hydrogen-bond donors (Lipinski definition) is 3. The number of nitrogens with one attached hydrogen (secondary N) is 3. The molecule has 4 rings (SSSR count). The molecule has 0 saturated heterocycles. The number of rotatable bonds is 6. The lowest BCUT2D eigenvalue weighted by molar-refractivity contribution is -0.118. The molecule has 0 radical (unpaired) electrons. The largest absolute Gasteiger partial charge is 0.317 e. The Hall–Kier alpha value is -4.18. The standard InChI is InChI=1S/C23H21N5O4S/c1-16-11-13-17(14-12-16)28-21(29)15-24-22(26-28)23(30)25-19-9-5-6-10-20(19)27-33(31,32)18-7-3-2-4-8-18/h2-14,27H,15H2,1H3,(H,24,26)(H,25,30). The van der Waals surface area contributed by atoms with Crippen LogP contribution in [0.4, 0.5) is 17.1 Å². The molecule has 3 aromatic carbocycles. The van der Waals surface area contributed by atoms with Crippen molar-refractivity contribution in [2.45, 2.75) is 11.8 Å². The van der Waals surface area contributed by atoms with Crippen LogP contribution in [0.25, 0.3) is 0 Å². The predicted molar refractivity (Wildman–Crippen MR) is 126 cm³/mol. The molecule has 0 bridgehead atoms. The summed E-state index contributed by atoms with van der Waals surface area (Å²) in [7, 11) is -3.85. The van der Waals surface area contributed by atoms with Crippen molar-refractivity contribution in [3.8, 4) is 0 Å². The first-order valence-corrected chi connectivity index (χ1v) is 11.5. The summed E-state index contributed by atoms with van der Waals surface area (Å²) in [4.78, 5) is 29.3. The Morgan fingerprint density at radius 1 is 0.939 bits per heavy atom. The van der Waals surface area contributed by atoms with E-state index in [1.807, 2.05) is 19.1 Å². The van der Waals surface area contributed by atoms with Crippen LogP contribution >= 0.6 is 0 Å². The first-order chi connectivity index (χ1) is 15.8. The molecular formula is C23H21N5O4S. The van der Waals surface area contributed by atoms with E-state index in [2.05, 4.69) is 20.5 Å². The minimum atomic E-state index is -3.85. The average Bonchev–Trinajstić information content (AvgIpc) is 2.82. The maximum atomic E-state index is 12.9. The maximum Gasteiger partial charge on any atom is 0.292 e. The van der Waals surface area contributed by atoms with E-state index in [1.165, 1.54) is 23.2 Å². The van der Waals surface area contributed by atoms with Gasteiger partial charge in [0, 0.05) is 0 Å². The van der Waals surface area contributed by atoms with Gasteiger partial charge in [-0.15, -0.1) is 0 Å². The van der Waals surface area contributed by atoms with E-state index in [0.29, 0.717) is 5.69 Å². The molecule has 3 N–H and O–H groups in total. The second-order valence-corrected chi connectivity index (χ2v) is 8.94. The van der Waals surface area contributed by atoms with Gasteiger partial charge >= 0.3 is 0 Å². The SMILES string of the molecule is Cc1ccc(N2NC(C(=O)Nc3ccccc3NS(=O)(=O)c3ccccc3)=NCC2=O)cc1. The van der Waals surface area contributed by atoms with Crippen molar-refractivity contribution < 1.29 is 18.0 Å². The lowest BCUT2D eigenvalue weighted by atomic mass is 10.2. The number of para-hydroxylation sites is 2. The van der Waals surface area contributed by atoms with Gasteiger partial charge in [0.2, 0.25) is 5.84 Å². The highest BCUT2D eigenvalue weighted by Crippen LogP contribution is 2.24. The second-order valence-electron chi connectivity index (χ2n) is 7.26. The quantitative estimate of drug-likeness (QED) is 0.519. The van der Waals surface area contributed by atoms with Crippen molar-refractivity contribution in [1.29, 1.82) is 0 Å². The van der Waals surface area contributed by atoms with Crippen LogP contribution in [0.2, 0.25) is 0 Å². The number of aryl methyl sites for hydroxylation is 1. The van der Waals surface area contributed by atoms with Crippen molar-refractivity contribution in [1.82, 2.24) is 5.43 Å². The molecule has 0 aliphatic carbocycles. The number of nitrogens with zero attached hydrogens (tertiary/aromatic N) is 2. The van der Waals surface area contributed by atoms with E-state index in [9.17, 15) is 18.0 Å². The molecule has 0 fully saturated rings. The van der Waals surface area contributed by atoms with Gasteiger partial charge in [-0.05, 0) is 43.3 Å². The number of sulfonamides is 1. The van der Waals surface area contributed by atoms with Gasteiger partial charge in [-0.1, -0.05) is 48.0 Å². The molecule has 3 aromatic rings. The molecule has 1 heterocycles. The predicted octanol–water partition coefficient (Wildman–Crippen LogP) is 2.68. The smallest absolute Gasteiger partial charge is 0.292 e. The molecule has 2 amide bonds. The van der Waals surface area contributed by atoms with E-state index < -0.39 is 15.9 Å². The van der Waals surface area contributed by atoms with Crippen LogP contribution in [0.3, 0.4) is 0 Å². The van der Waals surface area contributed by atoms with Crippen molar-refractivity contribution in [2.24, 2.45) is 4.99 Å². The van der Waals surface area contributed by atoms with Gasteiger partial charge in [-0.25, -0.2) is 13.4 Å². The van der Waals surface area contributed by atoms with Crippen LogP contribution in [0.15, 0.2) is 88.8 Å². The Morgan fingerprint density at radius 3 is 2.27 bits per heavy atom. The maximum absolute atomic E-state index is 12.9. The Bertz CT molecular complexity index is 1320. The number of carbonyl (C=O) groups excluding carboxylic acids is 2. The third kappa shape index (κ3) is 5.01. The van der Waals surface area contributed by atoms with E-state index >= 15 is 0 Å². The van der Waals surface area contributed by atoms with Crippen molar-refractivity contribution >= 4 is 44.7 Å². The molecule has 0 spiro atoms.